The first kappa shape index (κ1) is 24.4. The van der Waals surface area contributed by atoms with Crippen molar-refractivity contribution in [2.45, 2.75) is 26.2 Å². The number of ether oxygens (including phenoxy) is 1. The lowest BCUT2D eigenvalue weighted by molar-refractivity contribution is 0.281. The highest BCUT2D eigenvalue weighted by molar-refractivity contribution is 5.40. The summed E-state index contributed by atoms with van der Waals surface area (Å²) in [7, 11) is 0. The van der Waals surface area contributed by atoms with E-state index in [0.717, 1.165) is 22.3 Å². The van der Waals surface area contributed by atoms with Crippen molar-refractivity contribution in [3.05, 3.63) is 106 Å². The molecule has 2 heterocycles. The van der Waals surface area contributed by atoms with E-state index in [1.807, 2.05) is 54.6 Å². The third kappa shape index (κ3) is 7.12. The van der Waals surface area contributed by atoms with Crippen molar-refractivity contribution in [1.82, 2.24) is 19.5 Å². The molecule has 0 saturated carbocycles. The number of benzene rings is 2. The molecule has 0 amide bonds. The second-order valence-electron chi connectivity index (χ2n) is 7.32. The van der Waals surface area contributed by atoms with Gasteiger partial charge in [-0.3, -0.25) is 4.57 Å². The van der Waals surface area contributed by atoms with Gasteiger partial charge in [-0.2, -0.15) is 9.97 Å². The fourth-order valence-corrected chi connectivity index (χ4v) is 2.97. The standard InChI is InChI=1S/2C12H14N4O/c13-7-9-1-3-10(4-2-9)8-17-12-15-6-5-11(14)16-12;13-8-16-7-10(11(14)15-12(16)17)6-9-4-2-1-3-5-9/h1-6H,7-8,13H2,(H2,14,15,16);1-5,7H,6,8,13H2,(H2,14,15,17). The molecule has 0 unspecified atom stereocenters. The monoisotopic (exact) mass is 460 g/mol. The molecule has 4 aromatic rings. The average Bonchev–Trinajstić information content (AvgIpc) is 2.86. The minimum absolute atomic E-state index is 0.105. The fraction of sp³-hybridized carbons (Fsp3) is 0.167. The molecule has 0 fully saturated rings. The van der Waals surface area contributed by atoms with Crippen LogP contribution < -0.4 is 33.4 Å². The summed E-state index contributed by atoms with van der Waals surface area (Å²) in [6.45, 7) is 1.06. The van der Waals surface area contributed by atoms with E-state index in [1.165, 1.54) is 4.57 Å². The van der Waals surface area contributed by atoms with Crippen LogP contribution in [0.15, 0.2) is 77.9 Å². The van der Waals surface area contributed by atoms with E-state index in [4.69, 9.17) is 27.7 Å². The molecule has 10 nitrogen and oxygen atoms in total. The zero-order chi connectivity index (χ0) is 24.3. The second kappa shape index (κ2) is 12.1. The molecule has 2 aromatic carbocycles. The van der Waals surface area contributed by atoms with Gasteiger partial charge in [0, 0.05) is 30.9 Å². The van der Waals surface area contributed by atoms with Gasteiger partial charge in [-0.25, -0.2) is 9.78 Å². The van der Waals surface area contributed by atoms with Crippen molar-refractivity contribution >= 4 is 11.6 Å². The van der Waals surface area contributed by atoms with Crippen LogP contribution in [0.4, 0.5) is 11.6 Å². The summed E-state index contributed by atoms with van der Waals surface area (Å²) >= 11 is 0. The lowest BCUT2D eigenvalue weighted by Gasteiger charge is -2.08. The van der Waals surface area contributed by atoms with E-state index in [9.17, 15) is 4.79 Å². The number of nitrogens with zero attached hydrogens (tertiary/aromatic N) is 4. The summed E-state index contributed by atoms with van der Waals surface area (Å²) in [5, 5.41) is 0. The van der Waals surface area contributed by atoms with E-state index < -0.39 is 5.69 Å². The maximum absolute atomic E-state index is 11.4. The summed E-state index contributed by atoms with van der Waals surface area (Å²) in [4.78, 5) is 23.0. The molecule has 34 heavy (non-hydrogen) atoms. The molecule has 0 radical (unpaired) electrons. The highest BCUT2D eigenvalue weighted by Gasteiger charge is 2.06. The smallest absolute Gasteiger partial charge is 0.350 e. The minimum atomic E-state index is -0.415. The van der Waals surface area contributed by atoms with Crippen molar-refractivity contribution in [3.63, 3.8) is 0 Å². The van der Waals surface area contributed by atoms with Crippen molar-refractivity contribution < 1.29 is 4.74 Å². The number of hydrogen-bond acceptors (Lipinski definition) is 9. The van der Waals surface area contributed by atoms with Gasteiger partial charge in [0.1, 0.15) is 18.2 Å². The molecule has 8 N–H and O–H groups in total. The Bertz CT molecular complexity index is 1240. The molecule has 176 valence electrons. The normalized spacial score (nSPS) is 10.3. The van der Waals surface area contributed by atoms with E-state index in [1.54, 1.807) is 18.5 Å². The van der Waals surface area contributed by atoms with E-state index in [0.29, 0.717) is 25.4 Å². The summed E-state index contributed by atoms with van der Waals surface area (Å²) in [5.41, 5.74) is 25.8. The zero-order valence-corrected chi connectivity index (χ0v) is 18.7. The van der Waals surface area contributed by atoms with Crippen LogP contribution in [0, 0.1) is 0 Å². The van der Waals surface area contributed by atoms with E-state index in [2.05, 4.69) is 15.0 Å². The van der Waals surface area contributed by atoms with Gasteiger partial charge < -0.3 is 27.7 Å². The van der Waals surface area contributed by atoms with Crippen LogP contribution in [-0.2, 0) is 26.2 Å². The molecular formula is C24H28N8O2. The Morgan fingerprint density at radius 3 is 2.21 bits per heavy atom. The summed E-state index contributed by atoms with van der Waals surface area (Å²) in [6, 6.07) is 19.6. The minimum Gasteiger partial charge on any atom is -0.459 e. The average molecular weight is 461 g/mol. The molecule has 0 bridgehead atoms. The molecule has 4 rings (SSSR count). The molecule has 0 saturated heterocycles. The quantitative estimate of drug-likeness (QED) is 0.318. The van der Waals surface area contributed by atoms with Crippen molar-refractivity contribution in [1.29, 1.82) is 0 Å². The molecule has 0 aliphatic carbocycles. The van der Waals surface area contributed by atoms with Crippen LogP contribution in [0.25, 0.3) is 0 Å². The number of nitrogen functional groups attached to an aromatic ring is 2. The van der Waals surface area contributed by atoms with Crippen LogP contribution in [0.2, 0.25) is 0 Å². The Morgan fingerprint density at radius 2 is 1.56 bits per heavy atom. The number of anilines is 2. The van der Waals surface area contributed by atoms with Crippen LogP contribution in [0.1, 0.15) is 22.3 Å². The molecule has 0 spiro atoms. The van der Waals surface area contributed by atoms with Gasteiger partial charge in [-0.1, -0.05) is 54.6 Å². The third-order valence-electron chi connectivity index (χ3n) is 4.82. The van der Waals surface area contributed by atoms with Crippen LogP contribution in [0.3, 0.4) is 0 Å². The molecule has 0 aliphatic rings. The highest BCUT2D eigenvalue weighted by atomic mass is 16.5. The van der Waals surface area contributed by atoms with Crippen LogP contribution in [0.5, 0.6) is 6.01 Å². The third-order valence-corrected chi connectivity index (χ3v) is 4.82. The Labute approximate surface area is 197 Å². The fourth-order valence-electron chi connectivity index (χ4n) is 2.97. The Morgan fingerprint density at radius 1 is 0.853 bits per heavy atom. The number of hydrogen-bond donors (Lipinski definition) is 4. The molecule has 2 aromatic heterocycles. The lowest BCUT2D eigenvalue weighted by atomic mass is 10.1. The van der Waals surface area contributed by atoms with Gasteiger partial charge in [-0.05, 0) is 22.8 Å². The topological polar surface area (TPSA) is 174 Å². The van der Waals surface area contributed by atoms with E-state index in [-0.39, 0.29) is 18.5 Å². The summed E-state index contributed by atoms with van der Waals surface area (Å²) in [6.07, 6.45) is 3.87. The van der Waals surface area contributed by atoms with Gasteiger partial charge in [0.25, 0.3) is 0 Å². The van der Waals surface area contributed by atoms with Crippen molar-refractivity contribution in [2.75, 3.05) is 11.5 Å². The molecule has 10 heteroatoms. The first-order valence-corrected chi connectivity index (χ1v) is 10.6. The molecule has 0 aliphatic heterocycles. The zero-order valence-electron chi connectivity index (χ0n) is 18.7. The second-order valence-corrected chi connectivity index (χ2v) is 7.32. The lowest BCUT2D eigenvalue weighted by Crippen LogP contribution is -2.27. The SMILES string of the molecule is NCc1ccc(COc2nccc(N)n2)cc1.NCn1cc(Cc2ccccc2)c(N)nc1=O. The van der Waals surface area contributed by atoms with Gasteiger partial charge in [0.2, 0.25) is 0 Å². The van der Waals surface area contributed by atoms with E-state index >= 15 is 0 Å². The number of aromatic nitrogens is 4. The predicted octanol–water partition coefficient (Wildman–Crippen LogP) is 1.43. The maximum atomic E-state index is 11.4. The molecular weight excluding hydrogens is 432 g/mol. The predicted molar refractivity (Wildman–Crippen MR) is 131 cm³/mol. The van der Waals surface area contributed by atoms with Gasteiger partial charge in [0.15, 0.2) is 0 Å². The Balaban J connectivity index is 0.000000191. The Hall–Kier alpha value is -4.28. The summed E-state index contributed by atoms with van der Waals surface area (Å²) in [5.74, 6) is 0.664. The Kier molecular flexibility index (Phi) is 8.67. The van der Waals surface area contributed by atoms with Crippen molar-refractivity contribution in [3.8, 4) is 6.01 Å². The summed E-state index contributed by atoms with van der Waals surface area (Å²) < 4.78 is 6.75. The molecule has 0 atom stereocenters. The largest absolute Gasteiger partial charge is 0.459 e. The van der Waals surface area contributed by atoms with Crippen molar-refractivity contribution in [2.24, 2.45) is 11.5 Å². The maximum Gasteiger partial charge on any atom is 0.350 e. The first-order chi connectivity index (χ1) is 16.5. The van der Waals surface area contributed by atoms with Gasteiger partial charge >= 0.3 is 11.7 Å². The number of rotatable bonds is 7. The van der Waals surface area contributed by atoms with Crippen LogP contribution >= 0.6 is 0 Å². The highest BCUT2D eigenvalue weighted by Crippen LogP contribution is 2.12. The van der Waals surface area contributed by atoms with Gasteiger partial charge in [-0.15, -0.1) is 0 Å². The van der Waals surface area contributed by atoms with Gasteiger partial charge in [0.05, 0.1) is 6.67 Å². The number of nitrogens with two attached hydrogens (primary N) is 4. The van der Waals surface area contributed by atoms with Crippen LogP contribution in [-0.4, -0.2) is 19.5 Å². The first-order valence-electron chi connectivity index (χ1n) is 10.6.